The van der Waals surface area contributed by atoms with E-state index in [1.165, 1.54) is 25.8 Å². The van der Waals surface area contributed by atoms with E-state index in [0.717, 1.165) is 51.4 Å². The first-order valence-corrected chi connectivity index (χ1v) is 10.0. The molecule has 0 spiro atoms. The Hall–Kier alpha value is -0.810. The number of guanidine groups is 1. The molecule has 0 bridgehead atoms. The van der Waals surface area contributed by atoms with Gasteiger partial charge in [0.2, 0.25) is 0 Å². The van der Waals surface area contributed by atoms with Crippen LogP contribution in [-0.4, -0.2) is 61.3 Å². The van der Waals surface area contributed by atoms with Gasteiger partial charge in [0.05, 0.1) is 0 Å². The molecule has 24 heavy (non-hydrogen) atoms. The van der Waals surface area contributed by atoms with E-state index in [1.807, 2.05) is 0 Å². The highest BCUT2D eigenvalue weighted by molar-refractivity contribution is 5.79. The van der Waals surface area contributed by atoms with Crippen LogP contribution in [0, 0.1) is 5.41 Å². The van der Waals surface area contributed by atoms with Crippen molar-refractivity contribution in [1.82, 2.24) is 15.5 Å². The number of nitrogens with one attached hydrogen (secondary N) is 2. The topological polar surface area (TPSA) is 59.9 Å². The van der Waals surface area contributed by atoms with E-state index in [9.17, 15) is 5.11 Å². The van der Waals surface area contributed by atoms with E-state index < -0.39 is 0 Å². The summed E-state index contributed by atoms with van der Waals surface area (Å²) in [5, 5.41) is 16.3. The smallest absolute Gasteiger partial charge is 0.191 e. The quantitative estimate of drug-likeness (QED) is 0.423. The predicted octanol–water partition coefficient (Wildman–Crippen LogP) is 2.60. The minimum atomic E-state index is 0.122. The Bertz CT molecular complexity index is 355. The molecular formula is C19H40N4O. The first kappa shape index (κ1) is 21.2. The van der Waals surface area contributed by atoms with Crippen LogP contribution in [0.2, 0.25) is 0 Å². The van der Waals surface area contributed by atoms with Crippen LogP contribution in [-0.2, 0) is 0 Å². The van der Waals surface area contributed by atoms with Crippen LogP contribution in [0.25, 0.3) is 0 Å². The van der Waals surface area contributed by atoms with Gasteiger partial charge in [-0.05, 0) is 57.5 Å². The molecule has 142 valence electrons. The minimum absolute atomic E-state index is 0.122. The molecule has 1 aliphatic rings. The molecule has 0 aromatic carbocycles. The summed E-state index contributed by atoms with van der Waals surface area (Å²) >= 11 is 0. The number of aliphatic imine (C=N–C) groups is 1. The molecule has 0 aromatic heterocycles. The average molecular weight is 341 g/mol. The lowest BCUT2D eigenvalue weighted by Crippen LogP contribution is -2.49. The third-order valence-electron chi connectivity index (χ3n) is 5.72. The van der Waals surface area contributed by atoms with Crippen molar-refractivity contribution in [3.8, 4) is 0 Å². The van der Waals surface area contributed by atoms with E-state index in [2.05, 4.69) is 43.2 Å². The molecule has 3 N–H and O–H groups in total. The summed E-state index contributed by atoms with van der Waals surface area (Å²) in [5.74, 6) is 0.920. The Labute approximate surface area is 149 Å². The maximum atomic E-state index is 9.38. The molecule has 5 heteroatoms. The lowest BCUT2D eigenvalue weighted by Gasteiger charge is -2.35. The van der Waals surface area contributed by atoms with E-state index in [0.29, 0.717) is 6.04 Å². The Balaban J connectivity index is 2.64. The molecule has 0 radical (unpaired) electrons. The molecule has 1 atom stereocenters. The maximum absolute atomic E-state index is 9.38. The summed E-state index contributed by atoms with van der Waals surface area (Å²) < 4.78 is 0. The molecule has 1 aliphatic heterocycles. The number of likely N-dealkylation sites (tertiary alicyclic amines) is 1. The summed E-state index contributed by atoms with van der Waals surface area (Å²) in [6.45, 7) is 14.0. The number of likely N-dealkylation sites (N-methyl/N-ethyl adjacent to an activating group) is 1. The molecule has 1 unspecified atom stereocenters. The Morgan fingerprint density at radius 3 is 2.50 bits per heavy atom. The number of aliphatic hydroxyl groups excluding tert-OH is 1. The lowest BCUT2D eigenvalue weighted by atomic mass is 9.79. The van der Waals surface area contributed by atoms with Crippen LogP contribution in [0.3, 0.4) is 0 Å². The van der Waals surface area contributed by atoms with E-state index in [4.69, 9.17) is 4.99 Å². The van der Waals surface area contributed by atoms with Crippen LogP contribution in [0.1, 0.15) is 66.2 Å². The van der Waals surface area contributed by atoms with Gasteiger partial charge in [-0.15, -0.1) is 0 Å². The number of hydrogen-bond donors (Lipinski definition) is 3. The molecule has 0 aromatic rings. The van der Waals surface area contributed by atoms with Crippen molar-refractivity contribution in [1.29, 1.82) is 0 Å². The van der Waals surface area contributed by atoms with Gasteiger partial charge in [0, 0.05) is 32.3 Å². The zero-order chi connectivity index (χ0) is 17.8. The van der Waals surface area contributed by atoms with Crippen molar-refractivity contribution < 1.29 is 5.11 Å². The molecule has 0 aliphatic carbocycles. The highest BCUT2D eigenvalue weighted by Crippen LogP contribution is 2.30. The Kier molecular flexibility index (Phi) is 10.3. The van der Waals surface area contributed by atoms with Crippen LogP contribution in [0.5, 0.6) is 0 Å². The summed E-state index contributed by atoms with van der Waals surface area (Å²) in [5.41, 5.74) is 0.122. The molecule has 0 amide bonds. The van der Waals surface area contributed by atoms with Gasteiger partial charge in [-0.3, -0.25) is 9.89 Å². The van der Waals surface area contributed by atoms with Crippen molar-refractivity contribution >= 4 is 5.96 Å². The summed E-state index contributed by atoms with van der Waals surface area (Å²) in [6, 6.07) is 0.618. The number of hydrogen-bond acceptors (Lipinski definition) is 3. The van der Waals surface area contributed by atoms with E-state index >= 15 is 0 Å². The molecule has 1 heterocycles. The van der Waals surface area contributed by atoms with Gasteiger partial charge in [-0.1, -0.05) is 27.2 Å². The standard InChI is InChI=1S/C19H40N4O/c1-5-19(6-2,12-14-24)16-22-18(20-7-3)21-15-17-11-9-10-13-23(17)8-4/h17,24H,5-16H2,1-4H3,(H2,20,21,22). The SMILES string of the molecule is CCNC(=NCC(CC)(CC)CCO)NCC1CCCCN1CC. The fourth-order valence-corrected chi connectivity index (χ4v) is 3.65. The van der Waals surface area contributed by atoms with E-state index in [-0.39, 0.29) is 12.0 Å². The fourth-order valence-electron chi connectivity index (χ4n) is 3.65. The van der Waals surface area contributed by atoms with Gasteiger partial charge in [-0.25, -0.2) is 0 Å². The zero-order valence-electron chi connectivity index (χ0n) is 16.4. The van der Waals surface area contributed by atoms with Crippen LogP contribution >= 0.6 is 0 Å². The highest BCUT2D eigenvalue weighted by Gasteiger charge is 2.26. The van der Waals surface area contributed by atoms with Crippen LogP contribution in [0.15, 0.2) is 4.99 Å². The Morgan fingerprint density at radius 1 is 1.17 bits per heavy atom. The summed E-state index contributed by atoms with van der Waals surface area (Å²) in [4.78, 5) is 7.42. The molecule has 5 nitrogen and oxygen atoms in total. The third-order valence-corrected chi connectivity index (χ3v) is 5.72. The number of piperidine rings is 1. The second-order valence-corrected chi connectivity index (χ2v) is 7.03. The Morgan fingerprint density at radius 2 is 1.92 bits per heavy atom. The molecule has 1 fully saturated rings. The molecule has 0 saturated carbocycles. The first-order valence-electron chi connectivity index (χ1n) is 10.0. The van der Waals surface area contributed by atoms with E-state index in [1.54, 1.807) is 0 Å². The normalized spacial score (nSPS) is 20.2. The van der Waals surface area contributed by atoms with Gasteiger partial charge in [-0.2, -0.15) is 0 Å². The van der Waals surface area contributed by atoms with Crippen molar-refractivity contribution in [2.45, 2.75) is 72.3 Å². The van der Waals surface area contributed by atoms with Crippen molar-refractivity contribution in [3.05, 3.63) is 0 Å². The van der Waals surface area contributed by atoms with Gasteiger partial charge in [0.25, 0.3) is 0 Å². The summed E-state index contributed by atoms with van der Waals surface area (Å²) in [6.07, 6.45) is 6.88. The number of aliphatic hydroxyl groups is 1. The number of rotatable bonds is 10. The number of nitrogens with zero attached hydrogens (tertiary/aromatic N) is 2. The minimum Gasteiger partial charge on any atom is -0.396 e. The van der Waals surface area contributed by atoms with Gasteiger partial charge in [0.15, 0.2) is 5.96 Å². The maximum Gasteiger partial charge on any atom is 0.191 e. The highest BCUT2D eigenvalue weighted by atomic mass is 16.3. The second kappa shape index (κ2) is 11.7. The first-order chi connectivity index (χ1) is 11.6. The van der Waals surface area contributed by atoms with Crippen molar-refractivity contribution in [2.24, 2.45) is 10.4 Å². The lowest BCUT2D eigenvalue weighted by molar-refractivity contribution is 0.157. The fraction of sp³-hybridized carbons (Fsp3) is 0.947. The molecular weight excluding hydrogens is 300 g/mol. The monoisotopic (exact) mass is 340 g/mol. The second-order valence-electron chi connectivity index (χ2n) is 7.03. The largest absolute Gasteiger partial charge is 0.396 e. The van der Waals surface area contributed by atoms with Crippen LogP contribution < -0.4 is 10.6 Å². The van der Waals surface area contributed by atoms with Gasteiger partial charge >= 0.3 is 0 Å². The van der Waals surface area contributed by atoms with Crippen molar-refractivity contribution in [3.63, 3.8) is 0 Å². The average Bonchev–Trinajstić information content (AvgIpc) is 2.63. The predicted molar refractivity (Wildman–Crippen MR) is 104 cm³/mol. The zero-order valence-corrected chi connectivity index (χ0v) is 16.4. The summed E-state index contributed by atoms with van der Waals surface area (Å²) in [7, 11) is 0. The molecule has 1 saturated heterocycles. The third kappa shape index (κ3) is 6.60. The van der Waals surface area contributed by atoms with Crippen molar-refractivity contribution in [2.75, 3.05) is 39.3 Å². The molecule has 1 rings (SSSR count). The van der Waals surface area contributed by atoms with Gasteiger partial charge in [0.1, 0.15) is 0 Å². The van der Waals surface area contributed by atoms with Gasteiger partial charge < -0.3 is 15.7 Å². The van der Waals surface area contributed by atoms with Crippen LogP contribution in [0.4, 0.5) is 0 Å².